The molecule has 1 heterocycles. The lowest BCUT2D eigenvalue weighted by molar-refractivity contribution is 0.0957. The number of nitrogens with two attached hydrogens (primary N) is 1. The van der Waals surface area contributed by atoms with Gasteiger partial charge in [-0.25, -0.2) is 5.84 Å². The standard InChI is InChI=1S/C12H21N3OS/c1-4-9(5-2)15(3)8-10-6-7-11(17-10)12(16)14-13/h6-7,9H,4-5,8,13H2,1-3H3,(H,14,16). The van der Waals surface area contributed by atoms with Crippen LogP contribution >= 0.6 is 11.3 Å². The number of nitrogens with one attached hydrogen (secondary N) is 1. The summed E-state index contributed by atoms with van der Waals surface area (Å²) in [5, 5.41) is 0. The van der Waals surface area contributed by atoms with Crippen molar-refractivity contribution in [3.05, 3.63) is 21.9 Å². The van der Waals surface area contributed by atoms with Crippen molar-refractivity contribution in [2.24, 2.45) is 5.84 Å². The first-order valence-corrected chi connectivity index (χ1v) is 6.73. The van der Waals surface area contributed by atoms with Crippen molar-refractivity contribution in [1.82, 2.24) is 10.3 Å². The highest BCUT2D eigenvalue weighted by molar-refractivity contribution is 7.14. The minimum atomic E-state index is -0.216. The van der Waals surface area contributed by atoms with Crippen molar-refractivity contribution < 1.29 is 4.79 Å². The van der Waals surface area contributed by atoms with Gasteiger partial charge in [0.1, 0.15) is 0 Å². The number of hydrogen-bond donors (Lipinski definition) is 2. The molecule has 0 aromatic carbocycles. The Morgan fingerprint density at radius 3 is 2.65 bits per heavy atom. The first kappa shape index (κ1) is 14.2. The van der Waals surface area contributed by atoms with Crippen molar-refractivity contribution >= 4 is 17.2 Å². The molecule has 0 aliphatic heterocycles. The maximum atomic E-state index is 11.3. The van der Waals surface area contributed by atoms with Gasteiger partial charge in [-0.1, -0.05) is 13.8 Å². The van der Waals surface area contributed by atoms with Crippen molar-refractivity contribution in [3.8, 4) is 0 Å². The van der Waals surface area contributed by atoms with Crippen LogP contribution in [0.5, 0.6) is 0 Å². The SMILES string of the molecule is CCC(CC)N(C)Cc1ccc(C(=O)NN)s1. The molecule has 1 aromatic heterocycles. The molecule has 0 aliphatic rings. The molecular weight excluding hydrogens is 234 g/mol. The number of carbonyl (C=O) groups is 1. The van der Waals surface area contributed by atoms with E-state index in [-0.39, 0.29) is 5.91 Å². The zero-order valence-electron chi connectivity index (χ0n) is 10.7. The fourth-order valence-corrected chi connectivity index (χ4v) is 2.92. The van der Waals surface area contributed by atoms with E-state index < -0.39 is 0 Å². The fraction of sp³-hybridized carbons (Fsp3) is 0.583. The maximum absolute atomic E-state index is 11.3. The molecule has 3 N–H and O–H groups in total. The van der Waals surface area contributed by atoms with E-state index in [1.54, 1.807) is 0 Å². The van der Waals surface area contributed by atoms with Gasteiger partial charge in [-0.05, 0) is 32.0 Å². The highest BCUT2D eigenvalue weighted by Gasteiger charge is 2.13. The Kier molecular flexibility index (Phi) is 5.61. The molecule has 0 bridgehead atoms. The average molecular weight is 255 g/mol. The molecular formula is C12H21N3OS. The summed E-state index contributed by atoms with van der Waals surface area (Å²) in [6.07, 6.45) is 2.29. The predicted octanol–water partition coefficient (Wildman–Crippen LogP) is 1.97. The van der Waals surface area contributed by atoms with Crippen LogP contribution in [0.3, 0.4) is 0 Å². The molecule has 0 unspecified atom stereocenters. The number of rotatable bonds is 6. The number of amides is 1. The lowest BCUT2D eigenvalue weighted by atomic mass is 10.1. The van der Waals surface area contributed by atoms with E-state index in [1.165, 1.54) is 16.2 Å². The zero-order chi connectivity index (χ0) is 12.8. The Hall–Kier alpha value is -0.910. The lowest BCUT2D eigenvalue weighted by Gasteiger charge is -2.25. The van der Waals surface area contributed by atoms with Gasteiger partial charge in [0.25, 0.3) is 5.91 Å². The van der Waals surface area contributed by atoms with Gasteiger partial charge in [0.15, 0.2) is 0 Å². The summed E-state index contributed by atoms with van der Waals surface area (Å²) in [7, 11) is 2.13. The summed E-state index contributed by atoms with van der Waals surface area (Å²) in [5.74, 6) is 4.89. The second-order valence-electron chi connectivity index (χ2n) is 4.12. The Morgan fingerprint density at radius 1 is 1.47 bits per heavy atom. The highest BCUT2D eigenvalue weighted by Crippen LogP contribution is 2.19. The van der Waals surface area contributed by atoms with E-state index in [0.29, 0.717) is 10.9 Å². The maximum Gasteiger partial charge on any atom is 0.275 e. The molecule has 1 rings (SSSR count). The van der Waals surface area contributed by atoms with E-state index in [4.69, 9.17) is 5.84 Å². The van der Waals surface area contributed by atoms with Crippen LogP contribution in [0, 0.1) is 0 Å². The lowest BCUT2D eigenvalue weighted by Crippen LogP contribution is -2.29. The number of hydrogen-bond acceptors (Lipinski definition) is 4. The van der Waals surface area contributed by atoms with Gasteiger partial charge in [-0.3, -0.25) is 15.1 Å². The molecule has 0 spiro atoms. The Bertz CT molecular complexity index is 360. The molecule has 0 saturated carbocycles. The quantitative estimate of drug-likeness (QED) is 0.464. The summed E-state index contributed by atoms with van der Waals surface area (Å²) in [4.78, 5) is 15.5. The highest BCUT2D eigenvalue weighted by atomic mass is 32.1. The van der Waals surface area contributed by atoms with E-state index in [1.807, 2.05) is 12.1 Å². The van der Waals surface area contributed by atoms with Gasteiger partial charge in [0.2, 0.25) is 0 Å². The monoisotopic (exact) mass is 255 g/mol. The van der Waals surface area contributed by atoms with Crippen LogP contribution in [0.2, 0.25) is 0 Å². The second-order valence-corrected chi connectivity index (χ2v) is 5.29. The Balaban J connectivity index is 2.62. The molecule has 0 radical (unpaired) electrons. The smallest absolute Gasteiger partial charge is 0.275 e. The van der Waals surface area contributed by atoms with Crippen LogP contribution in [0.15, 0.2) is 12.1 Å². The van der Waals surface area contributed by atoms with Gasteiger partial charge in [0, 0.05) is 17.5 Å². The van der Waals surface area contributed by atoms with Crippen molar-refractivity contribution in [2.45, 2.75) is 39.3 Å². The van der Waals surface area contributed by atoms with Gasteiger partial charge >= 0.3 is 0 Å². The van der Waals surface area contributed by atoms with E-state index in [2.05, 4.69) is 31.2 Å². The first-order valence-electron chi connectivity index (χ1n) is 5.92. The van der Waals surface area contributed by atoms with Gasteiger partial charge in [-0.15, -0.1) is 11.3 Å². The van der Waals surface area contributed by atoms with Crippen LogP contribution in [0.25, 0.3) is 0 Å². The summed E-state index contributed by atoms with van der Waals surface area (Å²) < 4.78 is 0. The van der Waals surface area contributed by atoms with Gasteiger partial charge in [0.05, 0.1) is 4.88 Å². The molecule has 0 fully saturated rings. The predicted molar refractivity (Wildman–Crippen MR) is 71.8 cm³/mol. The number of hydrazine groups is 1. The van der Waals surface area contributed by atoms with Crippen molar-refractivity contribution in [3.63, 3.8) is 0 Å². The van der Waals surface area contributed by atoms with Crippen LogP contribution in [0.4, 0.5) is 0 Å². The molecule has 96 valence electrons. The molecule has 5 heteroatoms. The van der Waals surface area contributed by atoms with Crippen molar-refractivity contribution in [2.75, 3.05) is 7.05 Å². The van der Waals surface area contributed by atoms with Crippen LogP contribution in [-0.4, -0.2) is 23.9 Å². The van der Waals surface area contributed by atoms with Gasteiger partial charge < -0.3 is 0 Å². The Labute approximate surface area is 107 Å². The number of nitrogen functional groups attached to an aromatic ring is 1. The number of thiophene rings is 1. The summed E-state index contributed by atoms with van der Waals surface area (Å²) >= 11 is 1.50. The molecule has 17 heavy (non-hydrogen) atoms. The van der Waals surface area contributed by atoms with Crippen LogP contribution < -0.4 is 11.3 Å². The third-order valence-corrected chi connectivity index (χ3v) is 4.06. The first-order chi connectivity index (χ1) is 8.12. The van der Waals surface area contributed by atoms with E-state index >= 15 is 0 Å². The number of carbonyl (C=O) groups excluding carboxylic acids is 1. The average Bonchev–Trinajstić information content (AvgIpc) is 2.78. The second kappa shape index (κ2) is 6.74. The third-order valence-electron chi connectivity index (χ3n) is 2.99. The van der Waals surface area contributed by atoms with E-state index in [9.17, 15) is 4.79 Å². The topological polar surface area (TPSA) is 58.4 Å². The molecule has 4 nitrogen and oxygen atoms in total. The minimum absolute atomic E-state index is 0.216. The molecule has 1 amide bonds. The molecule has 0 saturated heterocycles. The minimum Gasteiger partial charge on any atom is -0.298 e. The Morgan fingerprint density at radius 2 is 2.12 bits per heavy atom. The molecule has 1 aromatic rings. The number of nitrogens with zero attached hydrogens (tertiary/aromatic N) is 1. The normalized spacial score (nSPS) is 11.2. The van der Waals surface area contributed by atoms with Crippen LogP contribution in [0.1, 0.15) is 41.2 Å². The fourth-order valence-electron chi connectivity index (χ4n) is 1.94. The summed E-state index contributed by atoms with van der Waals surface area (Å²) in [5.41, 5.74) is 2.15. The van der Waals surface area contributed by atoms with E-state index in [0.717, 1.165) is 19.4 Å². The van der Waals surface area contributed by atoms with Crippen LogP contribution in [-0.2, 0) is 6.54 Å². The largest absolute Gasteiger partial charge is 0.298 e. The van der Waals surface area contributed by atoms with Gasteiger partial charge in [-0.2, -0.15) is 0 Å². The molecule has 0 atom stereocenters. The molecule has 0 aliphatic carbocycles. The zero-order valence-corrected chi connectivity index (χ0v) is 11.5. The van der Waals surface area contributed by atoms with Crippen molar-refractivity contribution in [1.29, 1.82) is 0 Å². The third kappa shape index (κ3) is 3.80. The summed E-state index contributed by atoms with van der Waals surface area (Å²) in [6, 6.07) is 4.42. The summed E-state index contributed by atoms with van der Waals surface area (Å²) in [6.45, 7) is 5.29.